The number of hydrogen-bond donors (Lipinski definition) is 3. The van der Waals surface area contributed by atoms with Gasteiger partial charge < -0.3 is 39.4 Å². The summed E-state index contributed by atoms with van der Waals surface area (Å²) in [6, 6.07) is 3.41. The number of rotatable bonds is 8. The fourth-order valence-corrected chi connectivity index (χ4v) is 10.5. The highest BCUT2D eigenvalue weighted by Crippen LogP contribution is 2.48. The molecular weight excluding hydrogens is 817 g/mol. The van der Waals surface area contributed by atoms with Crippen LogP contribution in [0.3, 0.4) is 0 Å². The number of alkyl carbamates (subject to hydrolysis) is 1. The fraction of sp³-hybridized carbons (Fsp3) is 0.667. The predicted molar refractivity (Wildman–Crippen MR) is 233 cm³/mol. The second-order valence-electron chi connectivity index (χ2n) is 19.6. The van der Waals surface area contributed by atoms with Crippen LogP contribution in [0.25, 0.3) is 10.8 Å². The molecule has 0 bridgehead atoms. The Morgan fingerprint density at radius 3 is 2.39 bits per heavy atom. The summed E-state index contributed by atoms with van der Waals surface area (Å²) in [6.45, 7) is 16.1. The molecule has 1 aromatic carbocycles. The Labute approximate surface area is 365 Å². The molecule has 3 aliphatic heterocycles. The van der Waals surface area contributed by atoms with Crippen molar-refractivity contribution >= 4 is 50.3 Å². The minimum absolute atomic E-state index is 0.000795. The molecule has 340 valence electrons. The third-order valence-electron chi connectivity index (χ3n) is 13.0. The molecule has 0 spiro atoms. The first-order chi connectivity index (χ1) is 29.1. The zero-order chi connectivity index (χ0) is 44.9. The first-order valence-electron chi connectivity index (χ1n) is 22.0. The van der Waals surface area contributed by atoms with Crippen molar-refractivity contribution in [1.29, 1.82) is 0 Å². The molecule has 17 heteroatoms. The van der Waals surface area contributed by atoms with Crippen molar-refractivity contribution in [2.24, 2.45) is 17.8 Å². The minimum Gasteiger partial charge on any atom is -0.497 e. The second kappa shape index (κ2) is 17.1. The predicted octanol–water partition coefficient (Wildman–Crippen LogP) is 4.98. The maximum absolute atomic E-state index is 15.0. The van der Waals surface area contributed by atoms with Crippen molar-refractivity contribution in [3.8, 4) is 11.6 Å². The largest absolute Gasteiger partial charge is 0.497 e. The van der Waals surface area contributed by atoms with Gasteiger partial charge in [0.25, 0.3) is 5.91 Å². The molecule has 9 atom stereocenters. The van der Waals surface area contributed by atoms with E-state index in [0.717, 1.165) is 17.5 Å². The van der Waals surface area contributed by atoms with E-state index in [9.17, 15) is 27.6 Å². The van der Waals surface area contributed by atoms with E-state index < -0.39 is 73.8 Å². The van der Waals surface area contributed by atoms with Gasteiger partial charge in [0.05, 0.1) is 42.5 Å². The van der Waals surface area contributed by atoms with E-state index >= 15 is 0 Å². The SMILES string of the molecule is COc1ccc2c(O[C@@H]3C[C@H]4C(=O)NC5(C(=O)NS(=O)(=O)C6(C)CC6)CC5/C=C\CC[C@@H](C)C[C@@H](C)[C@H](NC(=O)OC(C)(C)C)C(=O)N4C3)ncc(N3C[C@@H](C)O[C@@H](C)C3)c2c1. The standard InChI is InChI=1S/C45H64N6O10S/c1-26-12-10-11-13-30-21-45(30,41(54)49-62(56,57)44(8)16-17-44)48-38(52)35-20-32(25-51(35)40(53)37(27(2)18-26)47-42(55)61-43(5,6)7)60-39-33-15-14-31(58-9)19-34(33)36(22-46-39)50-23-28(3)59-29(4)24-50/h11,13-15,19,22,26-30,32,35,37H,10,12,16-18,20-21,23-25H2,1-9H3,(H,47,55)(H,48,52)(H,49,54)/b13-11-/t26-,27-,28-,29+,30?,32-,35+,37+,45?/m1/s1. The number of nitrogens with zero attached hydrogens (tertiary/aromatic N) is 3. The van der Waals surface area contributed by atoms with Crippen molar-refractivity contribution < 1.29 is 46.5 Å². The smallest absolute Gasteiger partial charge is 0.408 e. The summed E-state index contributed by atoms with van der Waals surface area (Å²) >= 11 is 0. The number of anilines is 1. The fourth-order valence-electron chi connectivity index (χ4n) is 9.22. The van der Waals surface area contributed by atoms with Crippen molar-refractivity contribution in [1.82, 2.24) is 25.2 Å². The van der Waals surface area contributed by atoms with Gasteiger partial charge >= 0.3 is 6.09 Å². The number of carbonyl (C=O) groups is 4. The lowest BCUT2D eigenvalue weighted by molar-refractivity contribution is -0.142. The molecule has 2 saturated carbocycles. The zero-order valence-electron chi connectivity index (χ0n) is 37.5. The summed E-state index contributed by atoms with van der Waals surface area (Å²) in [7, 11) is -2.42. The highest BCUT2D eigenvalue weighted by molar-refractivity contribution is 7.91. The van der Waals surface area contributed by atoms with Gasteiger partial charge in [0.15, 0.2) is 0 Å². The molecule has 4 amide bonds. The molecule has 5 aliphatic rings. The Bertz CT molecular complexity index is 2200. The number of fused-ring (bicyclic) bond motifs is 3. The van der Waals surface area contributed by atoms with Crippen LogP contribution in [-0.4, -0.2) is 115 Å². The van der Waals surface area contributed by atoms with E-state index in [1.807, 2.05) is 51.1 Å². The number of hydrogen-bond acceptors (Lipinski definition) is 12. The van der Waals surface area contributed by atoms with Gasteiger partial charge in [-0.25, -0.2) is 18.2 Å². The van der Waals surface area contributed by atoms with Crippen molar-refractivity contribution in [2.45, 2.75) is 147 Å². The minimum atomic E-state index is -4.02. The van der Waals surface area contributed by atoms with Gasteiger partial charge in [-0.15, -0.1) is 0 Å². The van der Waals surface area contributed by atoms with Crippen molar-refractivity contribution in [3.05, 3.63) is 36.5 Å². The Balaban J connectivity index is 1.24. The number of aromatic nitrogens is 1. The molecule has 2 aliphatic carbocycles. The molecule has 2 unspecified atom stereocenters. The first-order valence-corrected chi connectivity index (χ1v) is 23.5. The topological polar surface area (TPSA) is 195 Å². The van der Waals surface area contributed by atoms with Crippen LogP contribution >= 0.6 is 0 Å². The van der Waals surface area contributed by atoms with Crippen LogP contribution in [-0.2, 0) is 33.9 Å². The summed E-state index contributed by atoms with van der Waals surface area (Å²) < 4.78 is 51.8. The number of sulfonamides is 1. The van der Waals surface area contributed by atoms with Crippen LogP contribution in [0.15, 0.2) is 36.5 Å². The van der Waals surface area contributed by atoms with Crippen LogP contribution < -0.4 is 29.7 Å². The normalized spacial score (nSPS) is 32.0. The van der Waals surface area contributed by atoms with Crippen LogP contribution in [0.5, 0.6) is 11.6 Å². The van der Waals surface area contributed by atoms with E-state index in [0.29, 0.717) is 55.8 Å². The molecule has 16 nitrogen and oxygen atoms in total. The molecule has 62 heavy (non-hydrogen) atoms. The first kappa shape index (κ1) is 45.4. The van der Waals surface area contributed by atoms with E-state index in [-0.39, 0.29) is 43.4 Å². The third-order valence-corrected chi connectivity index (χ3v) is 15.2. The number of morpholine rings is 1. The number of amides is 4. The van der Waals surface area contributed by atoms with Crippen molar-refractivity contribution in [2.75, 3.05) is 31.6 Å². The van der Waals surface area contributed by atoms with Crippen LogP contribution in [0, 0.1) is 17.8 Å². The second-order valence-corrected chi connectivity index (χ2v) is 21.8. The maximum atomic E-state index is 15.0. The number of benzene rings is 1. The monoisotopic (exact) mass is 880 g/mol. The summed E-state index contributed by atoms with van der Waals surface area (Å²) in [6.07, 6.45) is 7.19. The average molecular weight is 881 g/mol. The molecule has 2 aromatic rings. The van der Waals surface area contributed by atoms with Crippen molar-refractivity contribution in [3.63, 3.8) is 0 Å². The molecular formula is C45H64N6O10S. The van der Waals surface area contributed by atoms with Gasteiger partial charge in [-0.1, -0.05) is 26.0 Å². The lowest BCUT2D eigenvalue weighted by atomic mass is 9.88. The maximum Gasteiger partial charge on any atom is 0.408 e. The summed E-state index contributed by atoms with van der Waals surface area (Å²) in [5.74, 6) is -1.67. The summed E-state index contributed by atoms with van der Waals surface area (Å²) in [5, 5.41) is 7.32. The number of allylic oxidation sites excluding steroid dienone is 1. The molecule has 4 fully saturated rings. The number of carbonyl (C=O) groups excluding carboxylic acids is 4. The molecule has 7 rings (SSSR count). The van der Waals surface area contributed by atoms with Gasteiger partial charge in [0, 0.05) is 36.2 Å². The number of nitrogens with one attached hydrogen (secondary N) is 3. The summed E-state index contributed by atoms with van der Waals surface area (Å²) in [5.41, 5.74) is -1.50. The average Bonchev–Trinajstić information content (AvgIpc) is 4.07. The Morgan fingerprint density at radius 2 is 1.73 bits per heavy atom. The molecule has 3 N–H and O–H groups in total. The zero-order valence-corrected chi connectivity index (χ0v) is 38.3. The van der Waals surface area contributed by atoms with E-state index in [1.54, 1.807) is 41.0 Å². The summed E-state index contributed by atoms with van der Waals surface area (Å²) in [4.78, 5) is 65.6. The lowest BCUT2D eigenvalue weighted by Gasteiger charge is -2.37. The van der Waals surface area contributed by atoms with Gasteiger partial charge in [-0.3, -0.25) is 19.1 Å². The van der Waals surface area contributed by atoms with Gasteiger partial charge in [-0.05, 0) is 110 Å². The highest BCUT2D eigenvalue weighted by atomic mass is 32.2. The van der Waals surface area contributed by atoms with Crippen LogP contribution in [0.1, 0.15) is 100 Å². The van der Waals surface area contributed by atoms with E-state index in [4.69, 9.17) is 23.9 Å². The van der Waals surface area contributed by atoms with Crippen LogP contribution in [0.4, 0.5) is 10.5 Å². The Morgan fingerprint density at radius 1 is 1.02 bits per heavy atom. The lowest BCUT2D eigenvalue weighted by Crippen LogP contribution is -2.59. The van der Waals surface area contributed by atoms with Gasteiger partial charge in [0.1, 0.15) is 35.1 Å². The number of ether oxygens (including phenoxy) is 4. The Kier molecular flexibility index (Phi) is 12.6. The molecule has 0 radical (unpaired) electrons. The Hall–Kier alpha value is -4.64. The van der Waals surface area contributed by atoms with Gasteiger partial charge in [-0.2, -0.15) is 0 Å². The van der Waals surface area contributed by atoms with E-state index in [1.165, 1.54) is 4.90 Å². The number of methoxy groups -OCH3 is 1. The van der Waals surface area contributed by atoms with E-state index in [2.05, 4.69) is 27.2 Å². The van der Waals surface area contributed by atoms with Crippen LogP contribution in [0.2, 0.25) is 0 Å². The molecule has 4 heterocycles. The molecule has 2 saturated heterocycles. The molecule has 1 aromatic heterocycles. The number of pyridine rings is 1. The quantitative estimate of drug-likeness (QED) is 0.302. The highest BCUT2D eigenvalue weighted by Gasteiger charge is 2.63. The van der Waals surface area contributed by atoms with Gasteiger partial charge in [0.2, 0.25) is 27.7 Å². The third kappa shape index (κ3) is 9.63.